The summed E-state index contributed by atoms with van der Waals surface area (Å²) in [5.41, 5.74) is -4.39. The third kappa shape index (κ3) is 6.00. The second kappa shape index (κ2) is 7.57. The Morgan fingerprint density at radius 1 is 1.05 bits per heavy atom. The molecule has 0 radical (unpaired) electrons. The first-order valence-corrected chi connectivity index (χ1v) is 7.60. The van der Waals surface area contributed by atoms with E-state index in [1.165, 1.54) is 5.56 Å². The Kier molecular flexibility index (Phi) is 6.34. The summed E-state index contributed by atoms with van der Waals surface area (Å²) in [7, 11) is -6.09. The molecule has 0 aliphatic carbocycles. The van der Waals surface area contributed by atoms with Crippen molar-refractivity contribution in [3.05, 3.63) is 65.4 Å². The van der Waals surface area contributed by atoms with Crippen molar-refractivity contribution in [2.75, 3.05) is 0 Å². The summed E-state index contributed by atoms with van der Waals surface area (Å²) >= 11 is 6.04. The average Bonchev–Trinajstić information content (AvgIpc) is 2.41. The van der Waals surface area contributed by atoms with Gasteiger partial charge in [0.15, 0.2) is 22.9 Å². The van der Waals surface area contributed by atoms with E-state index in [9.17, 15) is 13.2 Å². The lowest BCUT2D eigenvalue weighted by atomic mass is 10.2. The van der Waals surface area contributed by atoms with Gasteiger partial charge in [-0.1, -0.05) is 30.3 Å². The van der Waals surface area contributed by atoms with E-state index in [0.29, 0.717) is 0 Å². The minimum absolute atomic E-state index is 0.761. The summed E-state index contributed by atoms with van der Waals surface area (Å²) in [5, 5.41) is 0.761. The van der Waals surface area contributed by atoms with Gasteiger partial charge in [0.05, 0.1) is 0 Å². The van der Waals surface area contributed by atoms with Gasteiger partial charge in [-0.2, -0.15) is 17.7 Å². The first-order valence-electron chi connectivity index (χ1n) is 5.81. The van der Waals surface area contributed by atoms with Crippen molar-refractivity contribution in [2.45, 2.75) is 12.1 Å². The summed E-state index contributed by atoms with van der Waals surface area (Å²) in [4.78, 5) is 0. The maximum Gasteiger partial charge on any atom is 0.485 e. The van der Waals surface area contributed by atoms with E-state index in [1.807, 2.05) is 47.2 Å². The van der Waals surface area contributed by atoms with Crippen molar-refractivity contribution in [1.29, 1.82) is 0 Å². The van der Waals surface area contributed by atoms with E-state index in [0.717, 1.165) is 11.7 Å². The van der Waals surface area contributed by atoms with Crippen molar-refractivity contribution < 1.29 is 30.7 Å². The third-order valence-electron chi connectivity index (χ3n) is 2.36. The van der Waals surface area contributed by atoms with Gasteiger partial charge in [0.25, 0.3) is 5.15 Å². The lowest BCUT2D eigenvalue weighted by molar-refractivity contribution is -0.686. The van der Waals surface area contributed by atoms with Gasteiger partial charge in [-0.15, -0.1) is 0 Å². The van der Waals surface area contributed by atoms with Crippen LogP contribution >= 0.6 is 11.6 Å². The van der Waals surface area contributed by atoms with Crippen molar-refractivity contribution in [3.8, 4) is 0 Å². The number of hydrogen-bond acceptors (Lipinski definition) is 3. The third-order valence-corrected chi connectivity index (χ3v) is 3.27. The quantitative estimate of drug-likeness (QED) is 0.361. The number of pyridine rings is 1. The maximum atomic E-state index is 10.7. The fourth-order valence-corrected chi connectivity index (χ4v) is 1.55. The molecule has 22 heavy (non-hydrogen) atoms. The molecule has 0 amide bonds. The second-order valence-electron chi connectivity index (χ2n) is 4.04. The van der Waals surface area contributed by atoms with Gasteiger partial charge in [-0.05, 0) is 17.7 Å². The summed E-state index contributed by atoms with van der Waals surface area (Å²) in [5.74, 6) is 0. The van der Waals surface area contributed by atoms with Crippen LogP contribution in [0.25, 0.3) is 0 Å². The molecule has 4 nitrogen and oxygen atoms in total. The van der Waals surface area contributed by atoms with E-state index >= 15 is 0 Å². The molecule has 0 aliphatic rings. The van der Waals surface area contributed by atoms with E-state index in [-0.39, 0.29) is 0 Å². The Balaban J connectivity index is 0.000000261. The van der Waals surface area contributed by atoms with Gasteiger partial charge in [-0.25, -0.2) is 8.42 Å². The van der Waals surface area contributed by atoms with Crippen molar-refractivity contribution in [1.82, 2.24) is 0 Å². The number of rotatable bonds is 2. The minimum atomic E-state index is -6.09. The van der Waals surface area contributed by atoms with E-state index in [1.54, 1.807) is 0 Å². The van der Waals surface area contributed by atoms with Crippen LogP contribution in [-0.2, 0) is 16.7 Å². The summed E-state index contributed by atoms with van der Waals surface area (Å²) in [6.07, 6.45) is 1.98. The predicted octanol–water partition coefficient (Wildman–Crippen LogP) is 2.73. The van der Waals surface area contributed by atoms with Crippen LogP contribution in [0, 0.1) is 0 Å². The molecule has 0 N–H and O–H groups in total. The second-order valence-corrected chi connectivity index (χ2v) is 5.80. The van der Waals surface area contributed by atoms with Crippen molar-refractivity contribution in [3.63, 3.8) is 0 Å². The Hall–Kier alpha value is -1.64. The highest BCUT2D eigenvalue weighted by Crippen LogP contribution is 2.20. The van der Waals surface area contributed by atoms with Gasteiger partial charge in [0.2, 0.25) is 0 Å². The molecule has 2 rings (SSSR count). The number of benzene rings is 1. The summed E-state index contributed by atoms with van der Waals surface area (Å²) < 4.78 is 60.9. The number of aromatic nitrogens is 1. The van der Waals surface area contributed by atoms with Crippen LogP contribution in [0.2, 0.25) is 5.15 Å². The highest BCUT2D eigenvalue weighted by molar-refractivity contribution is 7.86. The smallest absolute Gasteiger partial charge is 0.485 e. The van der Waals surface area contributed by atoms with Crippen LogP contribution in [0.4, 0.5) is 13.2 Å². The first kappa shape index (κ1) is 18.4. The van der Waals surface area contributed by atoms with Crippen LogP contribution in [0.1, 0.15) is 5.56 Å². The van der Waals surface area contributed by atoms with Crippen molar-refractivity contribution in [2.24, 2.45) is 0 Å². The molecule has 0 fully saturated rings. The summed E-state index contributed by atoms with van der Waals surface area (Å²) in [6, 6.07) is 16.1. The molecule has 0 bridgehead atoms. The molecule has 1 aromatic carbocycles. The Morgan fingerprint density at radius 2 is 1.55 bits per heavy atom. The molecule has 0 unspecified atom stereocenters. The van der Waals surface area contributed by atoms with Gasteiger partial charge in [0.1, 0.15) is 0 Å². The lowest BCUT2D eigenvalue weighted by Gasteiger charge is -2.08. The van der Waals surface area contributed by atoms with Gasteiger partial charge < -0.3 is 4.55 Å². The zero-order valence-electron chi connectivity index (χ0n) is 11.0. The SMILES string of the molecule is Clc1cccc[n+]1Cc1ccccc1.O=S(=O)([O-])C(F)(F)F. The standard InChI is InChI=1S/C12H11ClN.CHF3O3S/c13-12-8-4-5-9-14(12)10-11-6-2-1-3-7-11;2-1(3,4)8(5,6)7/h1-9H,10H2;(H,5,6,7)/q+1;/p-1. The highest BCUT2D eigenvalue weighted by atomic mass is 35.5. The van der Waals surface area contributed by atoms with Gasteiger partial charge in [-0.3, -0.25) is 0 Å². The topological polar surface area (TPSA) is 61.1 Å². The van der Waals surface area contributed by atoms with E-state index in [2.05, 4.69) is 12.1 Å². The zero-order valence-corrected chi connectivity index (χ0v) is 12.6. The molecular weight excluding hydrogens is 343 g/mol. The summed E-state index contributed by atoms with van der Waals surface area (Å²) in [6.45, 7) is 0.820. The minimum Gasteiger partial charge on any atom is -0.741 e. The fourth-order valence-electron chi connectivity index (χ4n) is 1.36. The van der Waals surface area contributed by atoms with Gasteiger partial charge >= 0.3 is 5.51 Å². The predicted molar refractivity (Wildman–Crippen MR) is 72.9 cm³/mol. The zero-order chi connectivity index (χ0) is 16.8. The lowest BCUT2D eigenvalue weighted by Crippen LogP contribution is -2.34. The van der Waals surface area contributed by atoms with Crippen LogP contribution in [-0.4, -0.2) is 18.5 Å². The maximum absolute atomic E-state index is 10.7. The Bertz CT molecular complexity index is 706. The van der Waals surface area contributed by atoms with Gasteiger partial charge in [0, 0.05) is 17.7 Å². The first-order chi connectivity index (χ1) is 10.1. The molecule has 120 valence electrons. The number of halogens is 4. The van der Waals surface area contributed by atoms with E-state index in [4.69, 9.17) is 24.6 Å². The number of nitrogens with zero attached hydrogens (tertiary/aromatic N) is 1. The number of alkyl halides is 3. The molecule has 0 atom stereocenters. The normalized spacial score (nSPS) is 11.5. The molecule has 0 saturated carbocycles. The van der Waals surface area contributed by atoms with Crippen LogP contribution in [0.15, 0.2) is 54.7 Å². The molecule has 0 spiro atoms. The molecule has 2 aromatic rings. The van der Waals surface area contributed by atoms with E-state index < -0.39 is 15.6 Å². The highest BCUT2D eigenvalue weighted by Gasteiger charge is 2.36. The number of hydrogen-bond donors (Lipinski definition) is 0. The van der Waals surface area contributed by atoms with Crippen molar-refractivity contribution >= 4 is 21.7 Å². The largest absolute Gasteiger partial charge is 0.741 e. The van der Waals surface area contributed by atoms with Crippen LogP contribution < -0.4 is 4.57 Å². The molecular formula is C13H11ClF3NO3S. The van der Waals surface area contributed by atoms with Crippen LogP contribution in [0.5, 0.6) is 0 Å². The van der Waals surface area contributed by atoms with Crippen LogP contribution in [0.3, 0.4) is 0 Å². The Labute approximate surface area is 130 Å². The molecule has 0 aliphatic heterocycles. The molecule has 1 heterocycles. The molecule has 0 saturated heterocycles. The average molecular weight is 354 g/mol. The molecule has 9 heteroatoms. The Morgan fingerprint density at radius 3 is 2.00 bits per heavy atom. The fraction of sp³-hybridized carbons (Fsp3) is 0.154. The monoisotopic (exact) mass is 353 g/mol. The molecule has 1 aromatic heterocycles.